The number of carboxylic acid groups (broad SMARTS) is 1. The first kappa shape index (κ1) is 17.4. The van der Waals surface area contributed by atoms with Crippen molar-refractivity contribution in [2.45, 2.75) is 0 Å². The standard InChI is InChI=1S/C19H12BClN2O4/c21-18-8-15(19(24)25)14-3-1-11(7-17(14)23-18)10-2-4-16-12(5-10)6-13(9-22-16)20(26)27/h1-9,26-27H,(H,24,25). The summed E-state index contributed by atoms with van der Waals surface area (Å²) in [5, 5.41) is 29.4. The topological polar surface area (TPSA) is 104 Å². The molecule has 0 saturated heterocycles. The van der Waals surface area contributed by atoms with Gasteiger partial charge in [-0.25, -0.2) is 9.78 Å². The fourth-order valence-electron chi connectivity index (χ4n) is 3.02. The van der Waals surface area contributed by atoms with Crippen LogP contribution in [0.2, 0.25) is 5.15 Å². The molecule has 8 heteroatoms. The minimum absolute atomic E-state index is 0.0980. The summed E-state index contributed by atoms with van der Waals surface area (Å²) >= 11 is 5.96. The molecule has 132 valence electrons. The molecule has 0 bridgehead atoms. The molecule has 0 amide bonds. The lowest BCUT2D eigenvalue weighted by molar-refractivity contribution is 0.0699. The van der Waals surface area contributed by atoms with Gasteiger partial charge < -0.3 is 15.2 Å². The molecule has 0 spiro atoms. The molecule has 0 aliphatic heterocycles. The molecule has 0 unspecified atom stereocenters. The van der Waals surface area contributed by atoms with Gasteiger partial charge in [0.1, 0.15) is 5.15 Å². The average Bonchev–Trinajstić information content (AvgIpc) is 2.65. The fraction of sp³-hybridized carbons (Fsp3) is 0. The van der Waals surface area contributed by atoms with Crippen LogP contribution in [0.15, 0.2) is 54.7 Å². The van der Waals surface area contributed by atoms with Crippen LogP contribution in [0.1, 0.15) is 10.4 Å². The van der Waals surface area contributed by atoms with Crippen LogP contribution in [0.5, 0.6) is 0 Å². The molecule has 3 N–H and O–H groups in total. The van der Waals surface area contributed by atoms with Crippen molar-refractivity contribution in [1.82, 2.24) is 9.97 Å². The van der Waals surface area contributed by atoms with E-state index in [2.05, 4.69) is 9.97 Å². The van der Waals surface area contributed by atoms with E-state index >= 15 is 0 Å². The Balaban J connectivity index is 1.87. The number of aromatic carboxylic acids is 1. The van der Waals surface area contributed by atoms with E-state index in [1.807, 2.05) is 24.3 Å². The van der Waals surface area contributed by atoms with Crippen LogP contribution in [-0.2, 0) is 0 Å². The molecule has 0 radical (unpaired) electrons. The first-order valence-corrected chi connectivity index (χ1v) is 8.40. The monoisotopic (exact) mass is 378 g/mol. The summed E-state index contributed by atoms with van der Waals surface area (Å²) in [5.74, 6) is -1.07. The van der Waals surface area contributed by atoms with E-state index in [-0.39, 0.29) is 10.7 Å². The van der Waals surface area contributed by atoms with Gasteiger partial charge in [0, 0.05) is 22.4 Å². The Morgan fingerprint density at radius 3 is 2.44 bits per heavy atom. The maximum absolute atomic E-state index is 11.4. The highest BCUT2D eigenvalue weighted by Crippen LogP contribution is 2.28. The van der Waals surface area contributed by atoms with E-state index in [1.165, 1.54) is 12.3 Å². The Hall–Kier alpha value is -3.00. The molecule has 0 aliphatic rings. The van der Waals surface area contributed by atoms with Crippen LogP contribution < -0.4 is 5.46 Å². The Morgan fingerprint density at radius 1 is 0.963 bits per heavy atom. The zero-order chi connectivity index (χ0) is 19.1. The minimum Gasteiger partial charge on any atom is -0.478 e. The van der Waals surface area contributed by atoms with Crippen LogP contribution in [-0.4, -0.2) is 38.2 Å². The molecule has 4 rings (SSSR count). The van der Waals surface area contributed by atoms with Gasteiger partial charge in [-0.1, -0.05) is 35.9 Å². The van der Waals surface area contributed by atoms with Crippen molar-refractivity contribution < 1.29 is 19.9 Å². The van der Waals surface area contributed by atoms with Crippen LogP contribution >= 0.6 is 11.6 Å². The second-order valence-electron chi connectivity index (χ2n) is 6.08. The first-order valence-electron chi connectivity index (χ1n) is 8.02. The van der Waals surface area contributed by atoms with Gasteiger partial charge in [-0.15, -0.1) is 0 Å². The van der Waals surface area contributed by atoms with Crippen molar-refractivity contribution >= 4 is 52.0 Å². The van der Waals surface area contributed by atoms with E-state index < -0.39 is 13.1 Å². The molecular weight excluding hydrogens is 366 g/mol. The first-order chi connectivity index (χ1) is 12.9. The predicted molar refractivity (Wildman–Crippen MR) is 104 cm³/mol. The van der Waals surface area contributed by atoms with E-state index in [4.69, 9.17) is 11.6 Å². The second kappa shape index (κ2) is 6.63. The van der Waals surface area contributed by atoms with E-state index in [1.54, 1.807) is 18.2 Å². The normalized spacial score (nSPS) is 11.1. The summed E-state index contributed by atoms with van der Waals surface area (Å²) in [5.41, 5.74) is 3.28. The number of benzene rings is 2. The lowest BCUT2D eigenvalue weighted by Crippen LogP contribution is -2.29. The minimum atomic E-state index is -1.59. The molecule has 6 nitrogen and oxygen atoms in total. The smallest absolute Gasteiger partial charge is 0.478 e. The van der Waals surface area contributed by atoms with Gasteiger partial charge in [-0.2, -0.15) is 0 Å². The molecule has 0 aliphatic carbocycles. The van der Waals surface area contributed by atoms with Crippen LogP contribution in [0, 0.1) is 0 Å². The molecule has 2 aromatic carbocycles. The molecule has 0 saturated carbocycles. The third-order valence-corrected chi connectivity index (χ3v) is 4.54. The summed E-state index contributed by atoms with van der Waals surface area (Å²) in [6, 6.07) is 13.9. The highest BCUT2D eigenvalue weighted by atomic mass is 35.5. The number of carbonyl (C=O) groups is 1. The summed E-state index contributed by atoms with van der Waals surface area (Å²) in [6.45, 7) is 0. The third kappa shape index (κ3) is 3.24. The van der Waals surface area contributed by atoms with Crippen molar-refractivity contribution in [3.8, 4) is 11.1 Å². The SMILES string of the molecule is O=C(O)c1cc(Cl)nc2cc(-c3ccc4ncc(B(O)O)cc4c3)ccc12. The van der Waals surface area contributed by atoms with Crippen molar-refractivity contribution in [2.24, 2.45) is 0 Å². The number of fused-ring (bicyclic) bond motifs is 2. The zero-order valence-corrected chi connectivity index (χ0v) is 14.6. The van der Waals surface area contributed by atoms with Gasteiger partial charge in [0.15, 0.2) is 0 Å². The van der Waals surface area contributed by atoms with Gasteiger partial charge in [0.2, 0.25) is 0 Å². The van der Waals surface area contributed by atoms with Crippen LogP contribution in [0.4, 0.5) is 0 Å². The van der Waals surface area contributed by atoms with Crippen molar-refractivity contribution in [2.75, 3.05) is 0 Å². The van der Waals surface area contributed by atoms with E-state index in [0.717, 1.165) is 22.0 Å². The zero-order valence-electron chi connectivity index (χ0n) is 13.8. The average molecular weight is 379 g/mol. The van der Waals surface area contributed by atoms with E-state index in [0.29, 0.717) is 16.4 Å². The Morgan fingerprint density at radius 2 is 1.70 bits per heavy atom. The molecule has 2 aromatic heterocycles. The number of hydrogen-bond acceptors (Lipinski definition) is 5. The van der Waals surface area contributed by atoms with Gasteiger partial charge in [-0.3, -0.25) is 4.98 Å². The second-order valence-corrected chi connectivity index (χ2v) is 6.47. The maximum Gasteiger partial charge on any atom is 0.490 e. The Bertz CT molecular complexity index is 1210. The molecular formula is C19H12BClN2O4. The predicted octanol–water partition coefficient (Wildman–Crippen LogP) is 2.48. The molecule has 0 fully saturated rings. The largest absolute Gasteiger partial charge is 0.490 e. The van der Waals surface area contributed by atoms with Crippen LogP contribution in [0.3, 0.4) is 0 Å². The highest BCUT2D eigenvalue weighted by molar-refractivity contribution is 6.58. The number of halogens is 1. The third-order valence-electron chi connectivity index (χ3n) is 4.34. The number of pyridine rings is 2. The number of rotatable bonds is 3. The fourth-order valence-corrected chi connectivity index (χ4v) is 3.22. The number of nitrogens with zero attached hydrogens (tertiary/aromatic N) is 2. The molecule has 27 heavy (non-hydrogen) atoms. The van der Waals surface area contributed by atoms with Crippen molar-refractivity contribution in [1.29, 1.82) is 0 Å². The number of carboxylic acids is 1. The lowest BCUT2D eigenvalue weighted by Gasteiger charge is -2.08. The molecule has 2 heterocycles. The quantitative estimate of drug-likeness (QED) is 0.374. The summed E-state index contributed by atoms with van der Waals surface area (Å²) in [4.78, 5) is 19.9. The van der Waals surface area contributed by atoms with Crippen molar-refractivity contribution in [3.63, 3.8) is 0 Å². The maximum atomic E-state index is 11.4. The molecule has 0 atom stereocenters. The Labute approximate surface area is 158 Å². The van der Waals surface area contributed by atoms with Gasteiger partial charge in [0.05, 0.1) is 16.6 Å². The van der Waals surface area contributed by atoms with E-state index in [9.17, 15) is 19.9 Å². The summed E-state index contributed by atoms with van der Waals surface area (Å²) in [7, 11) is -1.59. The van der Waals surface area contributed by atoms with Gasteiger partial charge >= 0.3 is 13.1 Å². The number of aromatic nitrogens is 2. The van der Waals surface area contributed by atoms with Crippen LogP contribution in [0.25, 0.3) is 32.9 Å². The summed E-state index contributed by atoms with van der Waals surface area (Å²) < 4.78 is 0. The van der Waals surface area contributed by atoms with Gasteiger partial charge in [0.25, 0.3) is 0 Å². The summed E-state index contributed by atoms with van der Waals surface area (Å²) in [6.07, 6.45) is 1.42. The number of hydrogen-bond donors (Lipinski definition) is 3. The van der Waals surface area contributed by atoms with Crippen molar-refractivity contribution in [3.05, 3.63) is 65.4 Å². The Kier molecular flexibility index (Phi) is 4.27. The van der Waals surface area contributed by atoms with Gasteiger partial charge in [-0.05, 0) is 35.4 Å². The lowest BCUT2D eigenvalue weighted by atomic mass is 9.81. The highest BCUT2D eigenvalue weighted by Gasteiger charge is 2.14. The molecule has 4 aromatic rings.